The lowest BCUT2D eigenvalue weighted by molar-refractivity contribution is 0.225. The zero-order valence-corrected chi connectivity index (χ0v) is 10.0. The summed E-state index contributed by atoms with van der Waals surface area (Å²) in [6, 6.07) is 11.6. The van der Waals surface area contributed by atoms with E-state index in [-0.39, 0.29) is 0 Å². The van der Waals surface area contributed by atoms with E-state index in [0.717, 1.165) is 26.7 Å². The van der Waals surface area contributed by atoms with Gasteiger partial charge in [0.1, 0.15) is 6.10 Å². The number of aliphatic hydroxyl groups excluding tert-OH is 1. The van der Waals surface area contributed by atoms with Crippen LogP contribution in [0.1, 0.15) is 17.2 Å². The zero-order chi connectivity index (χ0) is 11.3. The van der Waals surface area contributed by atoms with Gasteiger partial charge < -0.3 is 10.8 Å². The van der Waals surface area contributed by atoms with Crippen molar-refractivity contribution in [1.29, 1.82) is 0 Å². The Hall–Kier alpha value is -1.32. The van der Waals surface area contributed by atoms with Crippen LogP contribution < -0.4 is 5.73 Å². The maximum atomic E-state index is 10.2. The Morgan fingerprint density at radius 1 is 1.00 bits per heavy atom. The van der Waals surface area contributed by atoms with E-state index in [0.29, 0.717) is 5.69 Å². The van der Waals surface area contributed by atoms with Crippen molar-refractivity contribution in [2.24, 2.45) is 0 Å². The van der Waals surface area contributed by atoms with Crippen molar-refractivity contribution in [3.05, 3.63) is 52.0 Å². The van der Waals surface area contributed by atoms with Crippen LogP contribution in [0.25, 0.3) is 11.1 Å². The number of benzene rings is 2. The van der Waals surface area contributed by atoms with Crippen molar-refractivity contribution in [3.8, 4) is 11.1 Å². The van der Waals surface area contributed by atoms with Gasteiger partial charge in [0.25, 0.3) is 0 Å². The van der Waals surface area contributed by atoms with Crippen molar-refractivity contribution in [2.45, 2.75) is 6.10 Å². The van der Waals surface area contributed by atoms with E-state index in [2.05, 4.69) is 15.9 Å². The molecule has 2 aromatic rings. The molecule has 0 spiro atoms. The summed E-state index contributed by atoms with van der Waals surface area (Å²) in [5.74, 6) is 0. The third-order valence-electron chi connectivity index (χ3n) is 2.97. The van der Waals surface area contributed by atoms with Crippen molar-refractivity contribution in [1.82, 2.24) is 0 Å². The van der Waals surface area contributed by atoms with E-state index in [4.69, 9.17) is 5.73 Å². The minimum atomic E-state index is -0.564. The highest BCUT2D eigenvalue weighted by Crippen LogP contribution is 2.44. The number of hydrogen-bond acceptors (Lipinski definition) is 2. The number of rotatable bonds is 0. The molecule has 0 fully saturated rings. The number of halogens is 1. The van der Waals surface area contributed by atoms with Gasteiger partial charge in [0, 0.05) is 10.2 Å². The Morgan fingerprint density at radius 2 is 1.62 bits per heavy atom. The Bertz CT molecular complexity index is 529. The highest BCUT2D eigenvalue weighted by atomic mass is 79.9. The van der Waals surface area contributed by atoms with E-state index < -0.39 is 6.10 Å². The Labute approximate surface area is 102 Å². The van der Waals surface area contributed by atoms with E-state index in [1.54, 1.807) is 0 Å². The number of hydrogen-bond donors (Lipinski definition) is 2. The van der Waals surface area contributed by atoms with Crippen LogP contribution in [0.5, 0.6) is 0 Å². The van der Waals surface area contributed by atoms with Gasteiger partial charge in [0.2, 0.25) is 0 Å². The summed E-state index contributed by atoms with van der Waals surface area (Å²) in [7, 11) is 0. The van der Waals surface area contributed by atoms with Crippen LogP contribution >= 0.6 is 15.9 Å². The largest absolute Gasteiger partial charge is 0.399 e. The fourth-order valence-corrected chi connectivity index (χ4v) is 2.60. The molecule has 0 heterocycles. The summed E-state index contributed by atoms with van der Waals surface area (Å²) in [5, 5.41) is 10.2. The molecule has 1 atom stereocenters. The van der Waals surface area contributed by atoms with Gasteiger partial charge in [-0.1, -0.05) is 28.1 Å². The fourth-order valence-electron chi connectivity index (χ4n) is 2.23. The van der Waals surface area contributed by atoms with Gasteiger partial charge in [-0.05, 0) is 46.5 Å². The molecule has 0 radical (unpaired) electrons. The SMILES string of the molecule is Nc1ccc2c(c1)[C@@H](O)c1cc(Br)ccc1-2. The highest BCUT2D eigenvalue weighted by Gasteiger charge is 2.26. The van der Waals surface area contributed by atoms with Crippen LogP contribution in [0.2, 0.25) is 0 Å². The Kier molecular flexibility index (Phi) is 2.06. The molecular weight excluding hydrogens is 266 g/mol. The Balaban J connectivity index is 2.30. The number of nitrogens with two attached hydrogens (primary N) is 1. The van der Waals surface area contributed by atoms with Crippen molar-refractivity contribution in [2.75, 3.05) is 5.73 Å². The second-order valence-electron chi connectivity index (χ2n) is 3.98. The normalized spacial score (nSPS) is 17.0. The fraction of sp³-hybridized carbons (Fsp3) is 0.0769. The third kappa shape index (κ3) is 1.29. The van der Waals surface area contributed by atoms with E-state index >= 15 is 0 Å². The van der Waals surface area contributed by atoms with Crippen LogP contribution in [0, 0.1) is 0 Å². The van der Waals surface area contributed by atoms with Gasteiger partial charge in [-0.15, -0.1) is 0 Å². The summed E-state index contributed by atoms with van der Waals surface area (Å²) in [6.07, 6.45) is -0.564. The van der Waals surface area contributed by atoms with Crippen LogP contribution in [0.15, 0.2) is 40.9 Å². The summed E-state index contributed by atoms with van der Waals surface area (Å²) in [4.78, 5) is 0. The van der Waals surface area contributed by atoms with Crippen LogP contribution in [-0.2, 0) is 0 Å². The van der Waals surface area contributed by atoms with Gasteiger partial charge in [-0.2, -0.15) is 0 Å². The number of anilines is 1. The average molecular weight is 276 g/mol. The minimum absolute atomic E-state index is 0.564. The molecule has 80 valence electrons. The molecule has 1 aliphatic rings. The molecule has 2 aromatic carbocycles. The molecule has 0 aromatic heterocycles. The topological polar surface area (TPSA) is 46.2 Å². The lowest BCUT2D eigenvalue weighted by atomic mass is 10.1. The molecule has 2 nitrogen and oxygen atoms in total. The minimum Gasteiger partial charge on any atom is -0.399 e. The Morgan fingerprint density at radius 3 is 2.38 bits per heavy atom. The molecule has 0 bridgehead atoms. The quantitative estimate of drug-likeness (QED) is 0.726. The molecule has 0 saturated carbocycles. The standard InChI is InChI=1S/C13H10BrNO/c14-7-1-3-9-10-4-2-8(15)6-12(10)13(16)11(9)5-7/h1-6,13,16H,15H2/t13-/m0/s1. The van der Waals surface area contributed by atoms with Crippen LogP contribution in [0.3, 0.4) is 0 Å². The predicted octanol–water partition coefficient (Wildman–Crippen LogP) is 3.09. The number of nitrogen functional groups attached to an aromatic ring is 1. The first-order chi connectivity index (χ1) is 7.66. The van der Waals surface area contributed by atoms with E-state index in [1.807, 2.05) is 36.4 Å². The zero-order valence-electron chi connectivity index (χ0n) is 8.44. The van der Waals surface area contributed by atoms with Gasteiger partial charge in [0.15, 0.2) is 0 Å². The van der Waals surface area contributed by atoms with Gasteiger partial charge in [0.05, 0.1) is 0 Å². The monoisotopic (exact) mass is 275 g/mol. The summed E-state index contributed by atoms with van der Waals surface area (Å²) >= 11 is 3.42. The van der Waals surface area contributed by atoms with Gasteiger partial charge in [-0.25, -0.2) is 0 Å². The van der Waals surface area contributed by atoms with Gasteiger partial charge >= 0.3 is 0 Å². The highest BCUT2D eigenvalue weighted by molar-refractivity contribution is 9.10. The maximum absolute atomic E-state index is 10.2. The summed E-state index contributed by atoms with van der Waals surface area (Å²) in [5.41, 5.74) is 10.4. The van der Waals surface area contributed by atoms with Gasteiger partial charge in [-0.3, -0.25) is 0 Å². The number of fused-ring (bicyclic) bond motifs is 3. The predicted molar refractivity (Wildman–Crippen MR) is 68.1 cm³/mol. The van der Waals surface area contributed by atoms with E-state index in [1.165, 1.54) is 0 Å². The van der Waals surface area contributed by atoms with Crippen LogP contribution in [0.4, 0.5) is 5.69 Å². The average Bonchev–Trinajstić information content (AvgIpc) is 2.53. The van der Waals surface area contributed by atoms with Crippen molar-refractivity contribution >= 4 is 21.6 Å². The molecule has 1 aliphatic carbocycles. The molecular formula is C13H10BrNO. The molecule has 16 heavy (non-hydrogen) atoms. The third-order valence-corrected chi connectivity index (χ3v) is 3.46. The molecule has 3 rings (SSSR count). The second kappa shape index (κ2) is 3.34. The lowest BCUT2D eigenvalue weighted by Crippen LogP contribution is -1.95. The smallest absolute Gasteiger partial charge is 0.105 e. The molecule has 0 aliphatic heterocycles. The first-order valence-electron chi connectivity index (χ1n) is 5.04. The molecule has 0 unspecified atom stereocenters. The molecule has 0 saturated heterocycles. The maximum Gasteiger partial charge on any atom is 0.105 e. The summed E-state index contributed by atoms with van der Waals surface area (Å²) < 4.78 is 0.978. The second-order valence-corrected chi connectivity index (χ2v) is 4.90. The summed E-state index contributed by atoms with van der Waals surface area (Å²) in [6.45, 7) is 0. The van der Waals surface area contributed by atoms with Crippen LogP contribution in [-0.4, -0.2) is 5.11 Å². The molecule has 3 N–H and O–H groups in total. The lowest BCUT2D eigenvalue weighted by Gasteiger charge is -2.05. The first-order valence-corrected chi connectivity index (χ1v) is 5.83. The number of aliphatic hydroxyl groups is 1. The van der Waals surface area contributed by atoms with Crippen molar-refractivity contribution in [3.63, 3.8) is 0 Å². The first kappa shape index (κ1) is 9.87. The van der Waals surface area contributed by atoms with E-state index in [9.17, 15) is 5.11 Å². The molecule has 0 amide bonds. The molecule has 3 heteroatoms. The van der Waals surface area contributed by atoms with Crippen molar-refractivity contribution < 1.29 is 5.11 Å².